The fourth-order valence-electron chi connectivity index (χ4n) is 2.06. The highest BCUT2D eigenvalue weighted by molar-refractivity contribution is 7.57. The molecule has 1 saturated heterocycles. The quantitative estimate of drug-likeness (QED) is 0.511. The Bertz CT molecular complexity index is 451. The van der Waals surface area contributed by atoms with Gasteiger partial charge < -0.3 is 23.5 Å². The average Bonchev–Trinajstić information content (AvgIpc) is 2.64. The molecule has 1 heterocycles. The zero-order valence-electron chi connectivity index (χ0n) is 13.4. The smallest absolute Gasteiger partial charge is 0.305 e. The lowest BCUT2D eigenvalue weighted by atomic mass is 10.1. The van der Waals surface area contributed by atoms with Gasteiger partial charge in [0, 0.05) is 20.5 Å². The van der Waals surface area contributed by atoms with Gasteiger partial charge in [0.2, 0.25) is 13.7 Å². The van der Waals surface area contributed by atoms with Crippen molar-refractivity contribution in [1.82, 2.24) is 0 Å². The second-order valence-electron chi connectivity index (χ2n) is 5.14. The predicted octanol–water partition coefficient (Wildman–Crippen LogP) is 1.72. The van der Waals surface area contributed by atoms with Gasteiger partial charge in [0.1, 0.15) is 6.35 Å². The van der Waals surface area contributed by atoms with Gasteiger partial charge >= 0.3 is 11.9 Å². The van der Waals surface area contributed by atoms with E-state index in [4.69, 9.17) is 23.5 Å². The minimum absolute atomic E-state index is 0.143. The molecule has 0 spiro atoms. The van der Waals surface area contributed by atoms with Gasteiger partial charge in [-0.3, -0.25) is 14.2 Å². The van der Waals surface area contributed by atoms with Gasteiger partial charge in [-0.05, 0) is 6.92 Å². The molecule has 1 aliphatic rings. The largest absolute Gasteiger partial charge is 0.455 e. The number of carbonyl (C=O) groups excluding carboxylic acids is 2. The Kier molecular flexibility index (Phi) is 6.99. The normalized spacial score (nSPS) is 30.6. The summed E-state index contributed by atoms with van der Waals surface area (Å²) in [5, 5.41) is 0. The highest BCUT2D eigenvalue weighted by atomic mass is 31.2. The number of rotatable bonds is 7. The number of carbonyl (C=O) groups is 2. The van der Waals surface area contributed by atoms with Gasteiger partial charge in [-0.1, -0.05) is 6.92 Å². The molecule has 1 rings (SSSR count). The molecule has 8 nitrogen and oxygen atoms in total. The molecule has 0 amide bonds. The Hall–Kier alpha value is -0.950. The maximum atomic E-state index is 12.0. The molecule has 9 heteroatoms. The van der Waals surface area contributed by atoms with Crippen molar-refractivity contribution in [2.24, 2.45) is 5.92 Å². The van der Waals surface area contributed by atoms with Crippen LogP contribution in [0.3, 0.4) is 0 Å². The summed E-state index contributed by atoms with van der Waals surface area (Å²) < 4.78 is 38.2. The van der Waals surface area contributed by atoms with Crippen LogP contribution in [0.25, 0.3) is 0 Å². The van der Waals surface area contributed by atoms with E-state index in [2.05, 4.69) is 0 Å². The Balaban J connectivity index is 2.70. The van der Waals surface area contributed by atoms with E-state index in [9.17, 15) is 14.2 Å². The van der Waals surface area contributed by atoms with Crippen molar-refractivity contribution in [2.45, 2.75) is 46.4 Å². The first-order valence-electron chi connectivity index (χ1n) is 6.99. The van der Waals surface area contributed by atoms with Gasteiger partial charge in [-0.2, -0.15) is 0 Å². The zero-order valence-corrected chi connectivity index (χ0v) is 14.3. The van der Waals surface area contributed by atoms with Crippen LogP contribution in [0.15, 0.2) is 0 Å². The number of ether oxygens (including phenoxy) is 4. The number of hydrogen-bond donors (Lipinski definition) is 0. The molecule has 22 heavy (non-hydrogen) atoms. The molecule has 0 bridgehead atoms. The molecule has 0 aromatic carbocycles. The highest BCUT2D eigenvalue weighted by Crippen LogP contribution is 2.43. The van der Waals surface area contributed by atoms with Crippen LogP contribution in [0.4, 0.5) is 0 Å². The molecule has 0 aliphatic carbocycles. The summed E-state index contributed by atoms with van der Waals surface area (Å²) in [6, 6.07) is 0. The highest BCUT2D eigenvalue weighted by Gasteiger charge is 2.47. The third-order valence-electron chi connectivity index (χ3n) is 2.94. The molecule has 0 aromatic rings. The SMILES string of the molecule is CCOP(C)(=O)CO[C@H]1O[C@@H](OC(C)=O)C(OC(C)=O)[C@H]1C. The van der Waals surface area contributed by atoms with Crippen molar-refractivity contribution in [3.8, 4) is 0 Å². The van der Waals surface area contributed by atoms with Crippen LogP contribution in [0, 0.1) is 5.92 Å². The van der Waals surface area contributed by atoms with Crippen molar-refractivity contribution < 1.29 is 37.6 Å². The average molecular weight is 338 g/mol. The van der Waals surface area contributed by atoms with Crippen LogP contribution in [0.5, 0.6) is 0 Å². The third-order valence-corrected chi connectivity index (χ3v) is 4.37. The van der Waals surface area contributed by atoms with E-state index in [1.165, 1.54) is 20.5 Å². The van der Waals surface area contributed by atoms with Crippen LogP contribution in [-0.2, 0) is 37.6 Å². The molecule has 1 fully saturated rings. The Morgan fingerprint density at radius 2 is 1.73 bits per heavy atom. The van der Waals surface area contributed by atoms with Crippen LogP contribution in [0.2, 0.25) is 0 Å². The zero-order chi connectivity index (χ0) is 16.9. The standard InChI is InChI=1S/C13H23O8P/c1-6-18-22(5,16)7-17-12-8(2)11(19-9(3)14)13(21-12)20-10(4)15/h8,11-13H,6-7H2,1-5H3/t8-,11?,12+,13-,22?/m1/s1. The van der Waals surface area contributed by atoms with Gasteiger partial charge in [0.25, 0.3) is 0 Å². The summed E-state index contributed by atoms with van der Waals surface area (Å²) in [5.74, 6) is -1.48. The van der Waals surface area contributed by atoms with E-state index in [1.54, 1.807) is 13.8 Å². The maximum absolute atomic E-state index is 12.0. The molecule has 5 atom stereocenters. The first kappa shape index (κ1) is 19.1. The Morgan fingerprint density at radius 1 is 1.14 bits per heavy atom. The minimum atomic E-state index is -2.88. The Morgan fingerprint density at radius 3 is 2.23 bits per heavy atom. The van der Waals surface area contributed by atoms with Crippen LogP contribution in [-0.4, -0.2) is 50.2 Å². The molecule has 0 saturated carbocycles. The number of hydrogen-bond acceptors (Lipinski definition) is 8. The molecule has 0 radical (unpaired) electrons. The molecular formula is C13H23O8P. The molecule has 1 aliphatic heterocycles. The molecule has 2 unspecified atom stereocenters. The van der Waals surface area contributed by atoms with Gasteiger partial charge in [-0.25, -0.2) is 0 Å². The van der Waals surface area contributed by atoms with E-state index >= 15 is 0 Å². The topological polar surface area (TPSA) is 97.4 Å². The summed E-state index contributed by atoms with van der Waals surface area (Å²) in [4.78, 5) is 22.3. The van der Waals surface area contributed by atoms with E-state index in [-0.39, 0.29) is 6.35 Å². The molecule has 128 valence electrons. The molecular weight excluding hydrogens is 315 g/mol. The Labute approximate surface area is 129 Å². The third kappa shape index (κ3) is 5.68. The van der Waals surface area contributed by atoms with Gasteiger partial charge in [0.15, 0.2) is 12.4 Å². The summed E-state index contributed by atoms with van der Waals surface area (Å²) in [6.45, 7) is 7.71. The predicted molar refractivity (Wildman–Crippen MR) is 76.3 cm³/mol. The van der Waals surface area contributed by atoms with E-state index < -0.39 is 43.9 Å². The van der Waals surface area contributed by atoms with Crippen molar-refractivity contribution in [3.05, 3.63) is 0 Å². The second-order valence-corrected chi connectivity index (χ2v) is 7.69. The van der Waals surface area contributed by atoms with Crippen molar-refractivity contribution in [3.63, 3.8) is 0 Å². The summed E-state index contributed by atoms with van der Waals surface area (Å²) in [6.07, 6.45) is -2.79. The lowest BCUT2D eigenvalue weighted by molar-refractivity contribution is -0.217. The van der Waals surface area contributed by atoms with Gasteiger partial charge in [0.05, 0.1) is 12.5 Å². The van der Waals surface area contributed by atoms with Crippen molar-refractivity contribution in [1.29, 1.82) is 0 Å². The lowest BCUT2D eigenvalue weighted by Gasteiger charge is -2.20. The fraction of sp³-hybridized carbons (Fsp3) is 0.846. The second kappa shape index (κ2) is 8.06. The van der Waals surface area contributed by atoms with Crippen LogP contribution in [0.1, 0.15) is 27.7 Å². The maximum Gasteiger partial charge on any atom is 0.305 e. The van der Waals surface area contributed by atoms with E-state index in [0.717, 1.165) is 0 Å². The first-order chi connectivity index (χ1) is 10.2. The van der Waals surface area contributed by atoms with Crippen LogP contribution < -0.4 is 0 Å². The number of esters is 2. The van der Waals surface area contributed by atoms with Crippen LogP contribution >= 0.6 is 7.37 Å². The minimum Gasteiger partial charge on any atom is -0.455 e. The van der Waals surface area contributed by atoms with Crippen molar-refractivity contribution in [2.75, 3.05) is 19.6 Å². The van der Waals surface area contributed by atoms with Crippen molar-refractivity contribution >= 4 is 19.3 Å². The summed E-state index contributed by atoms with van der Waals surface area (Å²) >= 11 is 0. The monoisotopic (exact) mass is 338 g/mol. The summed E-state index contributed by atoms with van der Waals surface area (Å²) in [7, 11) is -2.88. The van der Waals surface area contributed by atoms with Gasteiger partial charge in [-0.15, -0.1) is 0 Å². The first-order valence-corrected chi connectivity index (χ1v) is 9.24. The summed E-state index contributed by atoms with van der Waals surface area (Å²) in [5.41, 5.74) is 0. The molecule has 0 aromatic heterocycles. The lowest BCUT2D eigenvalue weighted by Crippen LogP contribution is -2.34. The van der Waals surface area contributed by atoms with E-state index in [1.807, 2.05) is 0 Å². The molecule has 0 N–H and O–H groups in total. The van der Waals surface area contributed by atoms with E-state index in [0.29, 0.717) is 6.61 Å². The fourth-order valence-corrected chi connectivity index (χ4v) is 3.10.